The van der Waals surface area contributed by atoms with E-state index in [0.29, 0.717) is 11.1 Å². The van der Waals surface area contributed by atoms with Gasteiger partial charge < -0.3 is 11.5 Å². The summed E-state index contributed by atoms with van der Waals surface area (Å²) in [5.41, 5.74) is 11.4. The molecule has 0 bridgehead atoms. The zero-order valence-electron chi connectivity index (χ0n) is 12.5. The number of nitrogens with zero attached hydrogens (tertiary/aromatic N) is 2. The Kier molecular flexibility index (Phi) is 4.84. The van der Waals surface area contributed by atoms with Crippen LogP contribution in [0.4, 0.5) is 17.1 Å². The summed E-state index contributed by atoms with van der Waals surface area (Å²) < 4.78 is 0. The van der Waals surface area contributed by atoms with E-state index >= 15 is 0 Å². The molecule has 0 unspecified atom stereocenters. The van der Waals surface area contributed by atoms with Crippen molar-refractivity contribution in [2.24, 2.45) is 5.73 Å². The fourth-order valence-corrected chi connectivity index (χ4v) is 2.69. The molecule has 1 rings (SSSR count). The maximum atomic E-state index is 11.4. The first-order valence-electron chi connectivity index (χ1n) is 6.61. The first-order chi connectivity index (χ1) is 9.64. The van der Waals surface area contributed by atoms with Crippen LogP contribution in [0.3, 0.4) is 0 Å². The predicted molar refractivity (Wildman–Crippen MR) is 80.2 cm³/mol. The number of hydrogen-bond acceptors (Lipinski definition) is 6. The number of hydrogen-bond donors (Lipinski definition) is 2. The summed E-state index contributed by atoms with van der Waals surface area (Å²) in [4.78, 5) is 21.3. The van der Waals surface area contributed by atoms with E-state index in [4.69, 9.17) is 11.5 Å². The quantitative estimate of drug-likeness (QED) is 0.486. The standard InChI is InChI=1S/C13H20N4O4/c1-6(2)9-8(5-14)12(16(18)19)11(15)13(17(20)21)10(9)7(3)4/h6-7H,5,14-15H2,1-4H3. The van der Waals surface area contributed by atoms with Gasteiger partial charge in [-0.2, -0.15) is 0 Å². The molecule has 0 spiro atoms. The molecule has 0 aliphatic carbocycles. The van der Waals surface area contributed by atoms with E-state index in [0.717, 1.165) is 0 Å². The first-order valence-corrected chi connectivity index (χ1v) is 6.61. The number of nitro groups is 2. The number of benzene rings is 1. The monoisotopic (exact) mass is 296 g/mol. The Morgan fingerprint density at radius 3 is 1.67 bits per heavy atom. The summed E-state index contributed by atoms with van der Waals surface area (Å²) in [5.74, 6) is -0.338. The van der Waals surface area contributed by atoms with Crippen LogP contribution in [0.25, 0.3) is 0 Å². The zero-order chi connectivity index (χ0) is 16.5. The van der Waals surface area contributed by atoms with Crippen molar-refractivity contribution in [3.63, 3.8) is 0 Å². The van der Waals surface area contributed by atoms with Crippen molar-refractivity contribution in [3.05, 3.63) is 36.9 Å². The van der Waals surface area contributed by atoms with Gasteiger partial charge in [-0.1, -0.05) is 27.7 Å². The fourth-order valence-electron chi connectivity index (χ4n) is 2.69. The minimum atomic E-state index is -0.694. The van der Waals surface area contributed by atoms with Crippen LogP contribution in [0.15, 0.2) is 0 Å². The van der Waals surface area contributed by atoms with Crippen LogP contribution in [0.2, 0.25) is 0 Å². The van der Waals surface area contributed by atoms with E-state index in [1.807, 2.05) is 13.8 Å². The number of nitrogens with two attached hydrogens (primary N) is 2. The Hall–Kier alpha value is -2.22. The van der Waals surface area contributed by atoms with E-state index in [-0.39, 0.29) is 29.6 Å². The highest BCUT2D eigenvalue weighted by molar-refractivity contribution is 5.79. The van der Waals surface area contributed by atoms with Gasteiger partial charge in [-0.25, -0.2) is 0 Å². The Morgan fingerprint density at radius 2 is 1.38 bits per heavy atom. The number of nitrogen functional groups attached to an aromatic ring is 1. The molecule has 8 nitrogen and oxygen atoms in total. The molecule has 0 saturated carbocycles. The summed E-state index contributed by atoms with van der Waals surface area (Å²) in [7, 11) is 0. The van der Waals surface area contributed by atoms with E-state index in [1.54, 1.807) is 13.8 Å². The topological polar surface area (TPSA) is 138 Å². The molecule has 8 heteroatoms. The smallest absolute Gasteiger partial charge is 0.303 e. The van der Waals surface area contributed by atoms with Gasteiger partial charge in [0.05, 0.1) is 9.85 Å². The van der Waals surface area contributed by atoms with Gasteiger partial charge >= 0.3 is 11.4 Å². The predicted octanol–water partition coefficient (Wildman–Crippen LogP) is 2.79. The Balaban J connectivity index is 4.08. The molecule has 116 valence electrons. The number of anilines is 1. The average molecular weight is 296 g/mol. The van der Waals surface area contributed by atoms with Gasteiger partial charge in [0, 0.05) is 17.7 Å². The second kappa shape index (κ2) is 6.04. The average Bonchev–Trinajstić information content (AvgIpc) is 2.34. The van der Waals surface area contributed by atoms with Crippen molar-refractivity contribution in [3.8, 4) is 0 Å². The Bertz CT molecular complexity index is 597. The van der Waals surface area contributed by atoms with Gasteiger partial charge in [-0.15, -0.1) is 0 Å². The minimum absolute atomic E-state index is 0.0915. The van der Waals surface area contributed by atoms with Crippen LogP contribution in [-0.2, 0) is 6.54 Å². The largest absolute Gasteiger partial charge is 0.387 e. The highest BCUT2D eigenvalue weighted by Crippen LogP contribution is 2.46. The number of nitro benzene ring substituents is 2. The lowest BCUT2D eigenvalue weighted by molar-refractivity contribution is -0.393. The molecule has 1 aromatic rings. The van der Waals surface area contributed by atoms with Crippen LogP contribution in [0.1, 0.15) is 56.2 Å². The zero-order valence-corrected chi connectivity index (χ0v) is 12.5. The Labute approximate surface area is 122 Å². The summed E-state index contributed by atoms with van der Waals surface area (Å²) in [6.07, 6.45) is 0. The first kappa shape index (κ1) is 16.8. The minimum Gasteiger partial charge on any atom is -0.387 e. The van der Waals surface area contributed by atoms with E-state index in [1.165, 1.54) is 0 Å². The lowest BCUT2D eigenvalue weighted by Crippen LogP contribution is -2.16. The van der Waals surface area contributed by atoms with Crippen molar-refractivity contribution in [1.82, 2.24) is 0 Å². The SMILES string of the molecule is CC(C)c1c(CN)c([N+](=O)[O-])c(N)c([N+](=O)[O-])c1C(C)C. The van der Waals surface area contributed by atoms with Crippen LogP contribution in [-0.4, -0.2) is 9.85 Å². The molecule has 4 N–H and O–H groups in total. The third-order valence-corrected chi connectivity index (χ3v) is 3.39. The van der Waals surface area contributed by atoms with Gasteiger partial charge in [-0.05, 0) is 17.4 Å². The maximum Gasteiger partial charge on any atom is 0.303 e. The summed E-state index contributed by atoms with van der Waals surface area (Å²) in [6, 6.07) is 0. The molecule has 0 heterocycles. The second-order valence-electron chi connectivity index (χ2n) is 5.44. The van der Waals surface area contributed by atoms with Crippen molar-refractivity contribution < 1.29 is 9.85 Å². The highest BCUT2D eigenvalue weighted by atomic mass is 16.6. The molecule has 0 saturated heterocycles. The highest BCUT2D eigenvalue weighted by Gasteiger charge is 2.36. The molecular weight excluding hydrogens is 276 g/mol. The van der Waals surface area contributed by atoms with Crippen molar-refractivity contribution in [2.45, 2.75) is 46.1 Å². The van der Waals surface area contributed by atoms with Crippen LogP contribution in [0, 0.1) is 20.2 Å². The molecule has 0 radical (unpaired) electrons. The molecule has 0 amide bonds. The normalized spacial score (nSPS) is 11.2. The van der Waals surface area contributed by atoms with Gasteiger partial charge in [0.2, 0.25) is 0 Å². The van der Waals surface area contributed by atoms with Gasteiger partial charge in [0.1, 0.15) is 0 Å². The number of rotatable bonds is 5. The van der Waals surface area contributed by atoms with Gasteiger partial charge in [0.25, 0.3) is 0 Å². The fraction of sp³-hybridized carbons (Fsp3) is 0.538. The summed E-state index contributed by atoms with van der Waals surface area (Å²) >= 11 is 0. The van der Waals surface area contributed by atoms with Gasteiger partial charge in [-0.3, -0.25) is 20.2 Å². The molecule has 0 fully saturated rings. The van der Waals surface area contributed by atoms with E-state index in [9.17, 15) is 20.2 Å². The van der Waals surface area contributed by atoms with E-state index < -0.39 is 21.2 Å². The molecule has 0 atom stereocenters. The molecule has 1 aromatic carbocycles. The molecular formula is C13H20N4O4. The summed E-state index contributed by atoms with van der Waals surface area (Å²) in [5, 5.41) is 22.6. The van der Waals surface area contributed by atoms with Crippen molar-refractivity contribution >= 4 is 17.1 Å². The maximum absolute atomic E-state index is 11.4. The van der Waals surface area contributed by atoms with Crippen molar-refractivity contribution in [1.29, 1.82) is 0 Å². The molecule has 21 heavy (non-hydrogen) atoms. The third-order valence-electron chi connectivity index (χ3n) is 3.39. The lowest BCUT2D eigenvalue weighted by atomic mass is 9.84. The summed E-state index contributed by atoms with van der Waals surface area (Å²) in [6.45, 7) is 7.14. The van der Waals surface area contributed by atoms with Crippen LogP contribution < -0.4 is 11.5 Å². The molecule has 0 aliphatic heterocycles. The lowest BCUT2D eigenvalue weighted by Gasteiger charge is -2.21. The van der Waals surface area contributed by atoms with Crippen LogP contribution >= 0.6 is 0 Å². The molecule has 0 aromatic heterocycles. The second-order valence-corrected chi connectivity index (χ2v) is 5.44. The van der Waals surface area contributed by atoms with Crippen LogP contribution in [0.5, 0.6) is 0 Å². The Morgan fingerprint density at radius 1 is 0.952 bits per heavy atom. The van der Waals surface area contributed by atoms with Gasteiger partial charge in [0.15, 0.2) is 5.69 Å². The third kappa shape index (κ3) is 2.80. The molecule has 0 aliphatic rings. The van der Waals surface area contributed by atoms with Crippen molar-refractivity contribution in [2.75, 3.05) is 5.73 Å². The van der Waals surface area contributed by atoms with E-state index in [2.05, 4.69) is 0 Å².